The SMILES string of the molecule is COc1cccc(CN(C)Cc2ccncc2C)c1OCC(O)CN1CCOCC1. The third-order valence-corrected chi connectivity index (χ3v) is 5.29. The molecule has 0 spiro atoms. The Kier molecular flexibility index (Phi) is 8.45. The van der Waals surface area contributed by atoms with Gasteiger partial charge < -0.3 is 19.3 Å². The first kappa shape index (κ1) is 22.5. The average Bonchev–Trinajstić information content (AvgIpc) is 2.75. The van der Waals surface area contributed by atoms with Gasteiger partial charge in [0.1, 0.15) is 12.7 Å². The molecule has 1 unspecified atom stereocenters. The monoisotopic (exact) mass is 415 g/mol. The fraction of sp³-hybridized carbons (Fsp3) is 0.522. The average molecular weight is 416 g/mol. The van der Waals surface area contributed by atoms with Gasteiger partial charge in [0, 0.05) is 50.7 Å². The van der Waals surface area contributed by atoms with Gasteiger partial charge >= 0.3 is 0 Å². The van der Waals surface area contributed by atoms with Crippen LogP contribution >= 0.6 is 0 Å². The molecule has 164 valence electrons. The van der Waals surface area contributed by atoms with Crippen molar-refractivity contribution in [3.05, 3.63) is 53.3 Å². The highest BCUT2D eigenvalue weighted by atomic mass is 16.5. The van der Waals surface area contributed by atoms with Crippen molar-refractivity contribution in [2.45, 2.75) is 26.1 Å². The number of aliphatic hydroxyl groups is 1. The van der Waals surface area contributed by atoms with E-state index in [9.17, 15) is 5.11 Å². The Bertz CT molecular complexity index is 796. The van der Waals surface area contributed by atoms with Gasteiger partial charge in [0.15, 0.2) is 11.5 Å². The van der Waals surface area contributed by atoms with Crippen molar-refractivity contribution >= 4 is 0 Å². The molecule has 0 saturated carbocycles. The summed E-state index contributed by atoms with van der Waals surface area (Å²) in [5, 5.41) is 10.5. The van der Waals surface area contributed by atoms with Crippen LogP contribution in [-0.4, -0.2) is 79.6 Å². The molecule has 1 aliphatic heterocycles. The van der Waals surface area contributed by atoms with Crippen LogP contribution in [0.15, 0.2) is 36.7 Å². The van der Waals surface area contributed by atoms with Gasteiger partial charge in [-0.15, -0.1) is 0 Å². The third kappa shape index (κ3) is 6.40. The second kappa shape index (κ2) is 11.3. The van der Waals surface area contributed by atoms with Crippen LogP contribution in [0, 0.1) is 6.92 Å². The van der Waals surface area contributed by atoms with Crippen LogP contribution in [-0.2, 0) is 17.8 Å². The minimum absolute atomic E-state index is 0.220. The number of para-hydroxylation sites is 1. The summed E-state index contributed by atoms with van der Waals surface area (Å²) in [7, 11) is 3.72. The lowest BCUT2D eigenvalue weighted by Gasteiger charge is -2.28. The molecule has 2 heterocycles. The van der Waals surface area contributed by atoms with Gasteiger partial charge in [-0.05, 0) is 37.2 Å². The number of aryl methyl sites for hydroxylation is 1. The van der Waals surface area contributed by atoms with Gasteiger partial charge in [0.25, 0.3) is 0 Å². The van der Waals surface area contributed by atoms with Gasteiger partial charge in [-0.25, -0.2) is 0 Å². The second-order valence-electron chi connectivity index (χ2n) is 7.80. The molecule has 3 rings (SSSR count). The van der Waals surface area contributed by atoms with E-state index in [1.54, 1.807) is 7.11 Å². The maximum absolute atomic E-state index is 10.5. The molecule has 1 aliphatic rings. The lowest BCUT2D eigenvalue weighted by molar-refractivity contribution is 0.00431. The Balaban J connectivity index is 1.62. The van der Waals surface area contributed by atoms with Crippen LogP contribution in [0.4, 0.5) is 0 Å². The molecule has 0 radical (unpaired) electrons. The van der Waals surface area contributed by atoms with Crippen molar-refractivity contribution in [1.82, 2.24) is 14.8 Å². The number of β-amino-alcohol motifs (C(OH)–C–C–N with tert-alkyl or cyclic N) is 1. The Hall–Kier alpha value is -2.19. The smallest absolute Gasteiger partial charge is 0.165 e. The van der Waals surface area contributed by atoms with Crippen LogP contribution in [0.5, 0.6) is 11.5 Å². The molecule has 0 aliphatic carbocycles. The number of benzene rings is 1. The fourth-order valence-electron chi connectivity index (χ4n) is 3.64. The molecule has 1 fully saturated rings. The number of morpholine rings is 1. The van der Waals surface area contributed by atoms with Crippen molar-refractivity contribution < 1.29 is 19.3 Å². The van der Waals surface area contributed by atoms with Crippen molar-refractivity contribution in [3.63, 3.8) is 0 Å². The molecule has 30 heavy (non-hydrogen) atoms. The fourth-order valence-corrected chi connectivity index (χ4v) is 3.64. The summed E-state index contributed by atoms with van der Waals surface area (Å²) in [6.45, 7) is 7.50. The Morgan fingerprint density at radius 1 is 1.20 bits per heavy atom. The summed E-state index contributed by atoms with van der Waals surface area (Å²) in [5.74, 6) is 1.37. The molecule has 7 heteroatoms. The van der Waals surface area contributed by atoms with E-state index in [0.717, 1.165) is 25.2 Å². The van der Waals surface area contributed by atoms with E-state index in [1.165, 1.54) is 11.1 Å². The lowest BCUT2D eigenvalue weighted by atomic mass is 10.1. The van der Waals surface area contributed by atoms with Gasteiger partial charge in [-0.1, -0.05) is 12.1 Å². The highest BCUT2D eigenvalue weighted by molar-refractivity contribution is 5.46. The first-order valence-electron chi connectivity index (χ1n) is 10.4. The maximum atomic E-state index is 10.5. The molecule has 2 aromatic rings. The minimum atomic E-state index is -0.571. The highest BCUT2D eigenvalue weighted by Gasteiger charge is 2.18. The van der Waals surface area contributed by atoms with E-state index in [0.29, 0.717) is 37.8 Å². The predicted molar refractivity (Wildman–Crippen MR) is 116 cm³/mol. The lowest BCUT2D eigenvalue weighted by Crippen LogP contribution is -2.42. The Morgan fingerprint density at radius 2 is 1.97 bits per heavy atom. The molecule has 7 nitrogen and oxygen atoms in total. The molecule has 1 aromatic carbocycles. The van der Waals surface area contributed by atoms with E-state index in [2.05, 4.69) is 34.8 Å². The normalized spacial score (nSPS) is 15.9. The number of aliphatic hydroxyl groups excluding tert-OH is 1. The van der Waals surface area contributed by atoms with E-state index >= 15 is 0 Å². The van der Waals surface area contributed by atoms with E-state index < -0.39 is 6.10 Å². The first-order chi connectivity index (χ1) is 14.6. The molecule has 1 atom stereocenters. The second-order valence-corrected chi connectivity index (χ2v) is 7.80. The summed E-state index contributed by atoms with van der Waals surface area (Å²) in [5.41, 5.74) is 3.46. The van der Waals surface area contributed by atoms with Gasteiger partial charge in [0.05, 0.1) is 20.3 Å². The van der Waals surface area contributed by atoms with Crippen LogP contribution in [0.1, 0.15) is 16.7 Å². The summed E-state index contributed by atoms with van der Waals surface area (Å²) in [6, 6.07) is 7.95. The predicted octanol–water partition coefficient (Wildman–Crippen LogP) is 2.10. The first-order valence-corrected chi connectivity index (χ1v) is 10.4. The number of hydrogen-bond donors (Lipinski definition) is 1. The van der Waals surface area contributed by atoms with Crippen molar-refractivity contribution in [2.75, 3.05) is 53.6 Å². The molecule has 1 aromatic heterocycles. The number of nitrogens with zero attached hydrogens (tertiary/aromatic N) is 3. The number of rotatable bonds is 10. The zero-order valence-electron chi connectivity index (χ0n) is 18.2. The van der Waals surface area contributed by atoms with Crippen LogP contribution in [0.2, 0.25) is 0 Å². The van der Waals surface area contributed by atoms with E-state index in [-0.39, 0.29) is 6.61 Å². The number of hydrogen-bond acceptors (Lipinski definition) is 7. The quantitative estimate of drug-likeness (QED) is 0.637. The minimum Gasteiger partial charge on any atom is -0.493 e. The van der Waals surface area contributed by atoms with Gasteiger partial charge in [-0.3, -0.25) is 14.8 Å². The van der Waals surface area contributed by atoms with Crippen molar-refractivity contribution in [3.8, 4) is 11.5 Å². The number of aromatic nitrogens is 1. The topological polar surface area (TPSA) is 67.3 Å². The van der Waals surface area contributed by atoms with Gasteiger partial charge in [-0.2, -0.15) is 0 Å². The van der Waals surface area contributed by atoms with Crippen LogP contribution in [0.3, 0.4) is 0 Å². The Labute approximate surface area is 179 Å². The maximum Gasteiger partial charge on any atom is 0.165 e. The molecule has 0 amide bonds. The summed E-state index contributed by atoms with van der Waals surface area (Å²) in [6.07, 6.45) is 3.14. The molecular weight excluding hydrogens is 382 g/mol. The molecule has 1 saturated heterocycles. The van der Waals surface area contributed by atoms with Crippen molar-refractivity contribution in [2.24, 2.45) is 0 Å². The molecular formula is C23H33N3O4. The largest absolute Gasteiger partial charge is 0.493 e. The molecule has 0 bridgehead atoms. The standard InChI is InChI=1S/C23H33N3O4/c1-18-13-24-8-7-19(18)14-25(2)15-20-5-4-6-22(28-3)23(20)30-17-21(27)16-26-9-11-29-12-10-26/h4-8,13,21,27H,9-12,14-17H2,1-3H3. The zero-order valence-corrected chi connectivity index (χ0v) is 18.2. The van der Waals surface area contributed by atoms with Crippen LogP contribution < -0.4 is 9.47 Å². The number of methoxy groups -OCH3 is 1. The summed E-state index contributed by atoms with van der Waals surface area (Å²) < 4.78 is 17.0. The third-order valence-electron chi connectivity index (χ3n) is 5.29. The highest BCUT2D eigenvalue weighted by Crippen LogP contribution is 2.32. The van der Waals surface area contributed by atoms with Crippen molar-refractivity contribution in [1.29, 1.82) is 0 Å². The Morgan fingerprint density at radius 3 is 2.70 bits per heavy atom. The van der Waals surface area contributed by atoms with Gasteiger partial charge in [0.2, 0.25) is 0 Å². The number of ether oxygens (including phenoxy) is 3. The summed E-state index contributed by atoms with van der Waals surface area (Å²) >= 11 is 0. The van der Waals surface area contributed by atoms with E-state index in [1.807, 2.05) is 30.6 Å². The number of pyridine rings is 1. The zero-order chi connectivity index (χ0) is 21.3. The van der Waals surface area contributed by atoms with E-state index in [4.69, 9.17) is 14.2 Å². The molecule has 1 N–H and O–H groups in total. The van der Waals surface area contributed by atoms with Crippen LogP contribution in [0.25, 0.3) is 0 Å². The summed E-state index contributed by atoms with van der Waals surface area (Å²) in [4.78, 5) is 8.60.